The maximum atomic E-state index is 11.6. The summed E-state index contributed by atoms with van der Waals surface area (Å²) in [5, 5.41) is 1.50. The Bertz CT molecular complexity index is 660. The van der Waals surface area contributed by atoms with Crippen LogP contribution in [-0.2, 0) is 4.84 Å². The zero-order valence-electron chi connectivity index (χ0n) is 10.6. The molecule has 100 valence electrons. The molecule has 1 amide bonds. The number of benzene rings is 2. The summed E-state index contributed by atoms with van der Waals surface area (Å²) in [7, 11) is 0. The Balaban J connectivity index is 2.08. The summed E-state index contributed by atoms with van der Waals surface area (Å²) >= 11 is 0. The van der Waals surface area contributed by atoms with Crippen LogP contribution in [0.1, 0.15) is 10.4 Å². The van der Waals surface area contributed by atoms with Gasteiger partial charge in [0.25, 0.3) is 0 Å². The van der Waals surface area contributed by atoms with Crippen LogP contribution < -0.4 is 16.3 Å². The highest BCUT2D eigenvalue weighted by molar-refractivity contribution is 6.00. The summed E-state index contributed by atoms with van der Waals surface area (Å²) in [4.78, 5) is 16.8. The lowest BCUT2D eigenvalue weighted by Crippen LogP contribution is -2.28. The molecule has 0 spiro atoms. The first-order valence-electron chi connectivity index (χ1n) is 6.13. The number of primary amides is 1. The van der Waals surface area contributed by atoms with E-state index < -0.39 is 5.91 Å². The lowest BCUT2D eigenvalue weighted by molar-refractivity contribution is 0.100. The molecule has 0 saturated carbocycles. The molecule has 3 rings (SSSR count). The summed E-state index contributed by atoms with van der Waals surface area (Å²) in [5.41, 5.74) is 11.3. The lowest BCUT2D eigenvalue weighted by Gasteiger charge is -2.18. The number of rotatable bonds is 3. The Morgan fingerprint density at radius 2 is 1.95 bits per heavy atom. The number of carbonyl (C=O) groups excluding carboxylic acids is 1. The Hall–Kier alpha value is -2.95. The highest BCUT2D eigenvalue weighted by Crippen LogP contribution is 2.28. The molecule has 0 bridgehead atoms. The van der Waals surface area contributed by atoms with Crippen molar-refractivity contribution in [3.63, 3.8) is 0 Å². The van der Waals surface area contributed by atoms with E-state index in [1.54, 1.807) is 18.3 Å². The quantitative estimate of drug-likeness (QED) is 0.894. The van der Waals surface area contributed by atoms with Gasteiger partial charge in [-0.25, -0.2) is 0 Å². The molecule has 1 aliphatic rings. The maximum absolute atomic E-state index is 11.6. The average Bonchev–Trinajstić information content (AvgIpc) is 3.02. The second kappa shape index (κ2) is 4.97. The van der Waals surface area contributed by atoms with Crippen LogP contribution in [0.25, 0.3) is 11.1 Å². The SMILES string of the molecule is NC(=O)c1ccc(N2NC=CO2)cc1-c1ccccc1. The molecule has 5 heteroatoms. The molecule has 1 aliphatic heterocycles. The number of nitrogens with one attached hydrogen (secondary N) is 1. The number of amides is 1. The fourth-order valence-electron chi connectivity index (χ4n) is 2.09. The van der Waals surface area contributed by atoms with Gasteiger partial charge in [-0.3, -0.25) is 10.2 Å². The van der Waals surface area contributed by atoms with E-state index in [1.807, 2.05) is 36.4 Å². The number of nitrogens with two attached hydrogens (primary N) is 1. The van der Waals surface area contributed by atoms with E-state index in [4.69, 9.17) is 10.6 Å². The van der Waals surface area contributed by atoms with Gasteiger partial charge in [0, 0.05) is 5.56 Å². The minimum Gasteiger partial charge on any atom is -0.366 e. The van der Waals surface area contributed by atoms with Crippen LogP contribution in [0.15, 0.2) is 61.0 Å². The summed E-state index contributed by atoms with van der Waals surface area (Å²) in [6, 6.07) is 14.9. The van der Waals surface area contributed by atoms with Gasteiger partial charge in [0.1, 0.15) is 6.26 Å². The number of hydrazine groups is 1. The molecular formula is C15H13N3O2. The maximum Gasteiger partial charge on any atom is 0.249 e. The van der Waals surface area contributed by atoms with Gasteiger partial charge < -0.3 is 10.6 Å². The molecule has 5 nitrogen and oxygen atoms in total. The first kappa shape index (κ1) is 12.1. The summed E-state index contributed by atoms with van der Waals surface area (Å²) in [6.45, 7) is 0. The molecule has 0 aliphatic carbocycles. The van der Waals surface area contributed by atoms with E-state index in [0.29, 0.717) is 5.56 Å². The minimum atomic E-state index is -0.455. The van der Waals surface area contributed by atoms with Gasteiger partial charge in [0.2, 0.25) is 5.91 Å². The summed E-state index contributed by atoms with van der Waals surface area (Å²) in [5.74, 6) is -0.455. The molecule has 2 aromatic carbocycles. The van der Waals surface area contributed by atoms with Crippen LogP contribution in [0.4, 0.5) is 5.69 Å². The van der Waals surface area contributed by atoms with E-state index >= 15 is 0 Å². The lowest BCUT2D eigenvalue weighted by atomic mass is 9.98. The molecule has 20 heavy (non-hydrogen) atoms. The van der Waals surface area contributed by atoms with Crippen molar-refractivity contribution in [1.29, 1.82) is 0 Å². The molecular weight excluding hydrogens is 254 g/mol. The first-order valence-corrected chi connectivity index (χ1v) is 6.13. The normalized spacial score (nSPS) is 12.9. The zero-order valence-corrected chi connectivity index (χ0v) is 10.6. The standard InChI is InChI=1S/C15H13N3O2/c16-15(19)13-7-6-12(18-17-8-9-20-18)10-14(13)11-4-2-1-3-5-11/h1-10,17H,(H2,16,19). The summed E-state index contributed by atoms with van der Waals surface area (Å²) in [6.07, 6.45) is 3.20. The van der Waals surface area contributed by atoms with Gasteiger partial charge in [0.05, 0.1) is 11.9 Å². The van der Waals surface area contributed by atoms with E-state index in [1.165, 1.54) is 11.4 Å². The second-order valence-electron chi connectivity index (χ2n) is 4.29. The number of carbonyl (C=O) groups is 1. The molecule has 1 heterocycles. The molecule has 0 aromatic heterocycles. The van der Waals surface area contributed by atoms with Gasteiger partial charge >= 0.3 is 0 Å². The number of hydrogen-bond donors (Lipinski definition) is 2. The van der Waals surface area contributed by atoms with E-state index in [2.05, 4.69) is 5.43 Å². The molecule has 0 fully saturated rings. The Morgan fingerprint density at radius 1 is 1.15 bits per heavy atom. The van der Waals surface area contributed by atoms with Gasteiger partial charge in [0.15, 0.2) is 0 Å². The number of anilines is 1. The Kier molecular flexibility index (Phi) is 3.01. The third-order valence-corrected chi connectivity index (χ3v) is 3.01. The predicted octanol–water partition coefficient (Wildman–Crippen LogP) is 2.18. The third-order valence-electron chi connectivity index (χ3n) is 3.01. The van der Waals surface area contributed by atoms with Gasteiger partial charge in [-0.1, -0.05) is 30.3 Å². The third kappa shape index (κ3) is 2.16. The van der Waals surface area contributed by atoms with Crippen LogP contribution in [0.3, 0.4) is 0 Å². The Morgan fingerprint density at radius 3 is 2.60 bits per heavy atom. The van der Waals surface area contributed by atoms with Crippen LogP contribution in [0.2, 0.25) is 0 Å². The smallest absolute Gasteiger partial charge is 0.249 e. The largest absolute Gasteiger partial charge is 0.366 e. The molecule has 0 unspecified atom stereocenters. The second-order valence-corrected chi connectivity index (χ2v) is 4.29. The first-order chi connectivity index (χ1) is 9.75. The van der Waals surface area contributed by atoms with E-state index in [-0.39, 0.29) is 0 Å². The van der Waals surface area contributed by atoms with Gasteiger partial charge in [-0.05, 0) is 29.3 Å². The van der Waals surface area contributed by atoms with E-state index in [0.717, 1.165) is 16.8 Å². The average molecular weight is 267 g/mol. The van der Waals surface area contributed by atoms with Crippen LogP contribution >= 0.6 is 0 Å². The van der Waals surface area contributed by atoms with Crippen molar-refractivity contribution in [2.45, 2.75) is 0 Å². The van der Waals surface area contributed by atoms with Gasteiger partial charge in [-0.2, -0.15) is 0 Å². The van der Waals surface area contributed by atoms with Crippen molar-refractivity contribution in [2.75, 3.05) is 5.17 Å². The summed E-state index contributed by atoms with van der Waals surface area (Å²) < 4.78 is 0. The highest BCUT2D eigenvalue weighted by atomic mass is 16.7. The van der Waals surface area contributed by atoms with Crippen molar-refractivity contribution in [3.05, 3.63) is 66.6 Å². The van der Waals surface area contributed by atoms with Crippen molar-refractivity contribution >= 4 is 11.6 Å². The molecule has 0 atom stereocenters. The van der Waals surface area contributed by atoms with Crippen LogP contribution in [-0.4, -0.2) is 5.91 Å². The van der Waals surface area contributed by atoms with E-state index in [9.17, 15) is 4.79 Å². The fourth-order valence-corrected chi connectivity index (χ4v) is 2.09. The van der Waals surface area contributed by atoms with Crippen molar-refractivity contribution in [3.8, 4) is 11.1 Å². The number of hydrogen-bond acceptors (Lipinski definition) is 4. The molecule has 3 N–H and O–H groups in total. The highest BCUT2D eigenvalue weighted by Gasteiger charge is 2.15. The van der Waals surface area contributed by atoms with Crippen LogP contribution in [0, 0.1) is 0 Å². The molecule has 0 saturated heterocycles. The van der Waals surface area contributed by atoms with Crippen LogP contribution in [0.5, 0.6) is 0 Å². The molecule has 2 aromatic rings. The fraction of sp³-hybridized carbons (Fsp3) is 0. The number of nitrogens with zero attached hydrogens (tertiary/aromatic N) is 1. The Labute approximate surface area is 116 Å². The van der Waals surface area contributed by atoms with Crippen molar-refractivity contribution < 1.29 is 9.63 Å². The van der Waals surface area contributed by atoms with Gasteiger partial charge in [-0.15, -0.1) is 5.17 Å². The minimum absolute atomic E-state index is 0.455. The molecule has 0 radical (unpaired) electrons. The predicted molar refractivity (Wildman–Crippen MR) is 76.2 cm³/mol. The zero-order chi connectivity index (χ0) is 13.9. The van der Waals surface area contributed by atoms with Crippen molar-refractivity contribution in [1.82, 2.24) is 5.43 Å². The van der Waals surface area contributed by atoms with Crippen molar-refractivity contribution in [2.24, 2.45) is 5.73 Å². The topological polar surface area (TPSA) is 67.6 Å². The monoisotopic (exact) mass is 267 g/mol.